The van der Waals surface area contributed by atoms with Gasteiger partial charge in [-0.2, -0.15) is 0 Å². The molecule has 0 saturated heterocycles. The first-order valence-corrected chi connectivity index (χ1v) is 2.93. The molecule has 0 aromatic carbocycles. The Kier molecular flexibility index (Phi) is 11.1. The summed E-state index contributed by atoms with van der Waals surface area (Å²) in [5, 5.41) is 0. The van der Waals surface area contributed by atoms with Crippen LogP contribution in [0.4, 0.5) is 0 Å². The van der Waals surface area contributed by atoms with Crippen LogP contribution in [0.25, 0.3) is 0 Å². The summed E-state index contributed by atoms with van der Waals surface area (Å²) in [4.78, 5) is 20.9. The molecule has 0 aliphatic rings. The molecule has 0 aromatic heterocycles. The van der Waals surface area contributed by atoms with E-state index in [1.54, 1.807) is 6.92 Å². The molecule has 0 spiro atoms. The largest absolute Gasteiger partial charge is 0.469 e. The molecule has 0 N–H and O–H groups in total. The normalized spacial score (nSPS) is 7.82. The fourth-order valence-corrected chi connectivity index (χ4v) is 0.402. The maximum Gasteiger partial charge on any atom is 0.317 e. The van der Waals surface area contributed by atoms with Crippen LogP contribution in [0, 0.1) is 0 Å². The van der Waals surface area contributed by atoms with Gasteiger partial charge in [0.2, 0.25) is 0 Å². The molecule has 59 valence electrons. The van der Waals surface area contributed by atoms with Crippen molar-refractivity contribution in [3.05, 3.63) is 0 Å². The number of esters is 2. The predicted molar refractivity (Wildman–Crippen MR) is 39.0 cm³/mol. The van der Waals surface area contributed by atoms with Gasteiger partial charge in [-0.15, -0.1) is 0 Å². The summed E-state index contributed by atoms with van der Waals surface area (Å²) >= 11 is 0. The molecule has 4 nitrogen and oxygen atoms in total. The molecular weight excluding hydrogens is 175 g/mol. The van der Waals surface area contributed by atoms with Crippen LogP contribution in [0.5, 0.6) is 0 Å². The average molecular weight is 185 g/mol. The standard InChI is InChI=1S/C6H10O4.K/c1-3-10-6(8)4-5(7)9-2;/h3-4H2,1-2H3;. The first-order valence-electron chi connectivity index (χ1n) is 2.93. The van der Waals surface area contributed by atoms with Gasteiger partial charge in [-0.25, -0.2) is 0 Å². The van der Waals surface area contributed by atoms with E-state index in [-0.39, 0.29) is 64.4 Å². The minimum absolute atomic E-state index is 0. The molecular formula is C6H10KO4. The Bertz CT molecular complexity index is 135. The first kappa shape index (κ1) is 14.1. The molecule has 0 aliphatic heterocycles. The fraction of sp³-hybridized carbons (Fsp3) is 0.667. The molecule has 5 heteroatoms. The zero-order chi connectivity index (χ0) is 7.98. The van der Waals surface area contributed by atoms with Crippen molar-refractivity contribution in [3.8, 4) is 0 Å². The molecule has 0 aromatic rings. The zero-order valence-corrected chi connectivity index (χ0v) is 10.2. The molecule has 0 heterocycles. The van der Waals surface area contributed by atoms with Crippen LogP contribution in [-0.2, 0) is 19.1 Å². The van der Waals surface area contributed by atoms with E-state index in [1.807, 2.05) is 0 Å². The second kappa shape index (κ2) is 8.67. The van der Waals surface area contributed by atoms with Gasteiger partial charge in [0.1, 0.15) is 6.42 Å². The van der Waals surface area contributed by atoms with E-state index >= 15 is 0 Å². The third-order valence-corrected chi connectivity index (χ3v) is 0.822. The maximum absolute atomic E-state index is 10.5. The van der Waals surface area contributed by atoms with E-state index in [1.165, 1.54) is 7.11 Å². The van der Waals surface area contributed by atoms with Gasteiger partial charge in [-0.1, -0.05) is 0 Å². The van der Waals surface area contributed by atoms with E-state index in [0.29, 0.717) is 0 Å². The van der Waals surface area contributed by atoms with Gasteiger partial charge in [0, 0.05) is 51.4 Å². The minimum atomic E-state index is -0.571. The Morgan fingerprint density at radius 3 is 2.18 bits per heavy atom. The topological polar surface area (TPSA) is 52.6 Å². The second-order valence-electron chi connectivity index (χ2n) is 1.56. The van der Waals surface area contributed by atoms with Crippen LogP contribution in [0.15, 0.2) is 0 Å². The number of rotatable bonds is 3. The number of hydrogen-bond donors (Lipinski definition) is 0. The van der Waals surface area contributed by atoms with Gasteiger partial charge in [-0.3, -0.25) is 9.59 Å². The number of carbonyl (C=O) groups is 2. The van der Waals surface area contributed by atoms with E-state index in [2.05, 4.69) is 9.47 Å². The second-order valence-corrected chi connectivity index (χ2v) is 1.56. The van der Waals surface area contributed by atoms with Crippen LogP contribution in [-0.4, -0.2) is 77.0 Å². The monoisotopic (exact) mass is 185 g/mol. The third-order valence-electron chi connectivity index (χ3n) is 0.822. The van der Waals surface area contributed by atoms with Crippen LogP contribution in [0.3, 0.4) is 0 Å². The minimum Gasteiger partial charge on any atom is -0.469 e. The van der Waals surface area contributed by atoms with Crippen molar-refractivity contribution in [2.75, 3.05) is 13.7 Å². The van der Waals surface area contributed by atoms with E-state index < -0.39 is 11.9 Å². The quantitative estimate of drug-likeness (QED) is 0.345. The van der Waals surface area contributed by atoms with E-state index in [0.717, 1.165) is 0 Å². The first-order chi connectivity index (χ1) is 4.70. The molecule has 11 heavy (non-hydrogen) atoms. The van der Waals surface area contributed by atoms with Crippen molar-refractivity contribution in [1.29, 1.82) is 0 Å². The third kappa shape index (κ3) is 8.48. The summed E-state index contributed by atoms with van der Waals surface area (Å²) in [5.41, 5.74) is 0. The summed E-state index contributed by atoms with van der Waals surface area (Å²) in [6.07, 6.45) is -0.301. The van der Waals surface area contributed by atoms with E-state index in [4.69, 9.17) is 0 Å². The van der Waals surface area contributed by atoms with Gasteiger partial charge < -0.3 is 9.47 Å². The summed E-state index contributed by atoms with van der Waals surface area (Å²) < 4.78 is 8.70. The van der Waals surface area contributed by atoms with Gasteiger partial charge in [0.15, 0.2) is 0 Å². The van der Waals surface area contributed by atoms with Crippen molar-refractivity contribution in [1.82, 2.24) is 0 Å². The molecule has 0 unspecified atom stereocenters. The van der Waals surface area contributed by atoms with Crippen LogP contribution >= 0.6 is 0 Å². The fourth-order valence-electron chi connectivity index (χ4n) is 0.402. The molecule has 0 fully saturated rings. The van der Waals surface area contributed by atoms with Crippen molar-refractivity contribution in [3.63, 3.8) is 0 Å². The average Bonchev–Trinajstić information content (AvgIpc) is 1.88. The smallest absolute Gasteiger partial charge is 0.317 e. The number of carbonyl (C=O) groups excluding carboxylic acids is 2. The summed E-state index contributed by atoms with van der Waals surface area (Å²) in [6, 6.07) is 0. The van der Waals surface area contributed by atoms with Crippen LogP contribution in [0.2, 0.25) is 0 Å². The SMILES string of the molecule is CCOC(=O)CC(=O)OC.[K]. The van der Waals surface area contributed by atoms with Crippen molar-refractivity contribution >= 4 is 63.3 Å². The van der Waals surface area contributed by atoms with Crippen molar-refractivity contribution in [2.24, 2.45) is 0 Å². The Hall–Kier alpha value is 0.576. The molecule has 0 amide bonds. The van der Waals surface area contributed by atoms with Crippen LogP contribution in [0.1, 0.15) is 13.3 Å². The molecule has 0 rings (SSSR count). The van der Waals surface area contributed by atoms with E-state index in [9.17, 15) is 9.59 Å². The number of ether oxygens (including phenoxy) is 2. The van der Waals surface area contributed by atoms with Gasteiger partial charge in [-0.05, 0) is 6.92 Å². The molecule has 0 aliphatic carbocycles. The van der Waals surface area contributed by atoms with Crippen LogP contribution < -0.4 is 0 Å². The van der Waals surface area contributed by atoms with Crippen molar-refractivity contribution in [2.45, 2.75) is 13.3 Å². The predicted octanol–water partition coefficient (Wildman–Crippen LogP) is -0.268. The molecule has 1 radical (unpaired) electrons. The van der Waals surface area contributed by atoms with Gasteiger partial charge >= 0.3 is 11.9 Å². The molecule has 0 bridgehead atoms. The van der Waals surface area contributed by atoms with Gasteiger partial charge in [0.25, 0.3) is 0 Å². The Morgan fingerprint density at radius 2 is 1.82 bits per heavy atom. The summed E-state index contributed by atoms with van der Waals surface area (Å²) in [5.74, 6) is -1.12. The Balaban J connectivity index is 0. The maximum atomic E-state index is 10.5. The number of hydrogen-bond acceptors (Lipinski definition) is 4. The zero-order valence-electron chi connectivity index (χ0n) is 7.05. The Morgan fingerprint density at radius 1 is 1.27 bits per heavy atom. The van der Waals surface area contributed by atoms with Crippen molar-refractivity contribution < 1.29 is 19.1 Å². The summed E-state index contributed by atoms with van der Waals surface area (Å²) in [7, 11) is 1.22. The molecule has 0 atom stereocenters. The Labute approximate surface area is 108 Å². The summed E-state index contributed by atoms with van der Waals surface area (Å²) in [6.45, 7) is 1.96. The molecule has 0 saturated carbocycles. The van der Waals surface area contributed by atoms with Gasteiger partial charge in [0.05, 0.1) is 13.7 Å². The number of methoxy groups -OCH3 is 1.